The normalized spacial score (nSPS) is 17.7. The Morgan fingerprint density at radius 3 is 2.83 bits per heavy atom. The number of aryl methyl sites for hydroxylation is 1. The Morgan fingerprint density at radius 1 is 1.14 bits per heavy atom. The van der Waals surface area contributed by atoms with Crippen LogP contribution in [0.4, 0.5) is 10.5 Å². The molecule has 5 rings (SSSR count). The summed E-state index contributed by atoms with van der Waals surface area (Å²) in [7, 11) is 1.62. The van der Waals surface area contributed by atoms with E-state index in [0.29, 0.717) is 18.0 Å². The Balaban J connectivity index is 1.54. The standard InChI is InChI=1S/C23H25N3O2S/c1-15-19-10-7-13-25(19)22-17(16-8-3-6-12-21(16)29-22)14-26(15)23(27)24-18-9-4-5-11-20(18)28-2/h4-5,7,9-11,13,15H,3,6,8,12,14H2,1-2H3,(H,24,27). The molecule has 1 unspecified atom stereocenters. The van der Waals surface area contributed by atoms with Gasteiger partial charge in [0.25, 0.3) is 0 Å². The molecule has 3 aromatic rings. The molecule has 0 saturated heterocycles. The van der Waals surface area contributed by atoms with Crippen LogP contribution in [0, 0.1) is 0 Å². The highest BCUT2D eigenvalue weighted by atomic mass is 32.1. The summed E-state index contributed by atoms with van der Waals surface area (Å²) in [5.41, 5.74) is 4.64. The van der Waals surface area contributed by atoms with Gasteiger partial charge in [-0.25, -0.2) is 4.79 Å². The van der Waals surface area contributed by atoms with Crippen LogP contribution in [0.2, 0.25) is 0 Å². The van der Waals surface area contributed by atoms with Gasteiger partial charge in [-0.15, -0.1) is 11.3 Å². The summed E-state index contributed by atoms with van der Waals surface area (Å²) < 4.78 is 7.70. The van der Waals surface area contributed by atoms with Crippen molar-refractivity contribution in [2.75, 3.05) is 12.4 Å². The number of benzene rings is 1. The molecule has 150 valence electrons. The van der Waals surface area contributed by atoms with Gasteiger partial charge in [0.05, 0.1) is 25.4 Å². The van der Waals surface area contributed by atoms with Gasteiger partial charge in [-0.1, -0.05) is 12.1 Å². The molecule has 0 spiro atoms. The van der Waals surface area contributed by atoms with E-state index < -0.39 is 0 Å². The number of carbonyl (C=O) groups excluding carboxylic acids is 1. The monoisotopic (exact) mass is 407 g/mol. The van der Waals surface area contributed by atoms with Gasteiger partial charge < -0.3 is 19.5 Å². The van der Waals surface area contributed by atoms with Crippen molar-refractivity contribution in [2.45, 2.75) is 45.2 Å². The van der Waals surface area contributed by atoms with Crippen molar-refractivity contribution in [1.29, 1.82) is 0 Å². The van der Waals surface area contributed by atoms with E-state index in [1.807, 2.05) is 40.5 Å². The van der Waals surface area contributed by atoms with Crippen molar-refractivity contribution in [1.82, 2.24) is 9.47 Å². The number of ether oxygens (including phenoxy) is 1. The molecule has 1 N–H and O–H groups in total. The first-order valence-corrected chi connectivity index (χ1v) is 11.0. The highest BCUT2D eigenvalue weighted by molar-refractivity contribution is 7.15. The zero-order valence-corrected chi connectivity index (χ0v) is 17.6. The number of hydrogen-bond donors (Lipinski definition) is 1. The fourth-order valence-corrected chi connectivity index (χ4v) is 5.95. The van der Waals surface area contributed by atoms with E-state index in [0.717, 1.165) is 18.5 Å². The molecule has 5 nitrogen and oxygen atoms in total. The first-order chi connectivity index (χ1) is 14.2. The van der Waals surface area contributed by atoms with E-state index in [-0.39, 0.29) is 12.1 Å². The molecule has 1 aliphatic carbocycles. The van der Waals surface area contributed by atoms with Crippen LogP contribution in [0.25, 0.3) is 5.00 Å². The molecular formula is C23H25N3O2S. The van der Waals surface area contributed by atoms with Crippen molar-refractivity contribution in [3.8, 4) is 10.8 Å². The molecular weight excluding hydrogens is 382 g/mol. The molecule has 3 heterocycles. The number of methoxy groups -OCH3 is 1. The third-order valence-electron chi connectivity index (χ3n) is 6.09. The quantitative estimate of drug-likeness (QED) is 0.607. The lowest BCUT2D eigenvalue weighted by Gasteiger charge is -2.28. The molecule has 0 bridgehead atoms. The molecule has 0 fully saturated rings. The number of amides is 2. The number of rotatable bonds is 2. The van der Waals surface area contributed by atoms with Gasteiger partial charge in [0.1, 0.15) is 10.8 Å². The van der Waals surface area contributed by atoms with Gasteiger partial charge in [-0.3, -0.25) is 0 Å². The van der Waals surface area contributed by atoms with Crippen LogP contribution < -0.4 is 10.1 Å². The number of carbonyl (C=O) groups is 1. The first kappa shape index (κ1) is 18.3. The minimum absolute atomic E-state index is 0.0291. The second-order valence-electron chi connectivity index (χ2n) is 7.73. The molecule has 2 amide bonds. The van der Waals surface area contributed by atoms with Crippen molar-refractivity contribution < 1.29 is 9.53 Å². The van der Waals surface area contributed by atoms with Gasteiger partial charge in [0.15, 0.2) is 0 Å². The number of thiophene rings is 1. The lowest BCUT2D eigenvalue weighted by atomic mass is 9.95. The molecule has 2 aromatic heterocycles. The van der Waals surface area contributed by atoms with Crippen molar-refractivity contribution in [3.05, 3.63) is 64.3 Å². The molecule has 29 heavy (non-hydrogen) atoms. The Hall–Kier alpha value is -2.73. The second-order valence-corrected chi connectivity index (χ2v) is 8.82. The SMILES string of the molecule is COc1ccccc1NC(=O)N1Cc2c(sc3c2CCCC3)-n2cccc2C1C. The average Bonchev–Trinajstić information content (AvgIpc) is 3.34. The lowest BCUT2D eigenvalue weighted by Crippen LogP contribution is -2.36. The zero-order valence-electron chi connectivity index (χ0n) is 16.8. The maximum atomic E-state index is 13.4. The maximum Gasteiger partial charge on any atom is 0.322 e. The average molecular weight is 408 g/mol. The number of nitrogens with zero attached hydrogens (tertiary/aromatic N) is 2. The third-order valence-corrected chi connectivity index (χ3v) is 7.43. The van der Waals surface area contributed by atoms with Crippen LogP contribution in [-0.4, -0.2) is 22.6 Å². The Kier molecular flexibility index (Phi) is 4.59. The molecule has 0 radical (unpaired) electrons. The summed E-state index contributed by atoms with van der Waals surface area (Å²) >= 11 is 1.91. The lowest BCUT2D eigenvalue weighted by molar-refractivity contribution is 0.189. The van der Waals surface area contributed by atoms with Crippen molar-refractivity contribution in [3.63, 3.8) is 0 Å². The number of aromatic nitrogens is 1. The predicted octanol–water partition coefficient (Wildman–Crippen LogP) is 5.53. The van der Waals surface area contributed by atoms with Gasteiger partial charge in [-0.2, -0.15) is 0 Å². The molecule has 2 aliphatic rings. The van der Waals surface area contributed by atoms with Gasteiger partial charge in [0, 0.05) is 22.3 Å². The number of fused-ring (bicyclic) bond motifs is 5. The van der Waals surface area contributed by atoms with Crippen LogP contribution in [0.5, 0.6) is 5.75 Å². The van der Waals surface area contributed by atoms with Gasteiger partial charge in [0.2, 0.25) is 0 Å². The zero-order chi connectivity index (χ0) is 20.0. The van der Waals surface area contributed by atoms with E-state index >= 15 is 0 Å². The Labute approximate surface area is 174 Å². The fraction of sp³-hybridized carbons (Fsp3) is 0.348. The number of urea groups is 1. The van der Waals surface area contributed by atoms with Crippen LogP contribution in [0.1, 0.15) is 47.5 Å². The predicted molar refractivity (Wildman–Crippen MR) is 116 cm³/mol. The number of hydrogen-bond acceptors (Lipinski definition) is 3. The first-order valence-electron chi connectivity index (χ1n) is 10.2. The summed E-state index contributed by atoms with van der Waals surface area (Å²) in [5.74, 6) is 0.667. The summed E-state index contributed by atoms with van der Waals surface area (Å²) in [5, 5.41) is 4.36. The number of nitrogens with one attached hydrogen (secondary N) is 1. The molecule has 6 heteroatoms. The van der Waals surface area contributed by atoms with Crippen LogP contribution in [0.3, 0.4) is 0 Å². The van der Waals surface area contributed by atoms with E-state index in [4.69, 9.17) is 4.74 Å². The highest BCUT2D eigenvalue weighted by Crippen LogP contribution is 2.42. The van der Waals surface area contributed by atoms with E-state index in [2.05, 4.69) is 35.1 Å². The number of para-hydroxylation sites is 2. The smallest absolute Gasteiger partial charge is 0.322 e. The molecule has 1 aromatic carbocycles. The van der Waals surface area contributed by atoms with E-state index in [9.17, 15) is 4.79 Å². The van der Waals surface area contributed by atoms with E-state index in [1.54, 1.807) is 7.11 Å². The van der Waals surface area contributed by atoms with Crippen molar-refractivity contribution >= 4 is 23.1 Å². The summed E-state index contributed by atoms with van der Waals surface area (Å²) in [6.07, 6.45) is 6.91. The van der Waals surface area contributed by atoms with E-state index in [1.165, 1.54) is 33.8 Å². The van der Waals surface area contributed by atoms with Crippen LogP contribution in [-0.2, 0) is 19.4 Å². The topological polar surface area (TPSA) is 46.5 Å². The van der Waals surface area contributed by atoms with Crippen LogP contribution >= 0.6 is 11.3 Å². The summed E-state index contributed by atoms with van der Waals surface area (Å²) in [6, 6.07) is 11.6. The highest BCUT2D eigenvalue weighted by Gasteiger charge is 2.33. The molecule has 1 atom stereocenters. The van der Waals surface area contributed by atoms with Crippen LogP contribution in [0.15, 0.2) is 42.6 Å². The largest absolute Gasteiger partial charge is 0.495 e. The van der Waals surface area contributed by atoms with Crippen molar-refractivity contribution in [2.24, 2.45) is 0 Å². The number of anilines is 1. The second kappa shape index (κ2) is 7.26. The molecule has 0 saturated carbocycles. The minimum atomic E-state index is -0.0987. The summed E-state index contributed by atoms with van der Waals surface area (Å²) in [6.45, 7) is 2.74. The third kappa shape index (κ3) is 3.02. The van der Waals surface area contributed by atoms with Gasteiger partial charge in [-0.05, 0) is 62.4 Å². The Morgan fingerprint density at radius 2 is 1.97 bits per heavy atom. The van der Waals surface area contributed by atoms with Gasteiger partial charge >= 0.3 is 6.03 Å². The Bertz CT molecular complexity index is 1070. The summed E-state index contributed by atoms with van der Waals surface area (Å²) in [4.78, 5) is 16.8. The molecule has 1 aliphatic heterocycles. The minimum Gasteiger partial charge on any atom is -0.495 e. The fourth-order valence-electron chi connectivity index (χ4n) is 4.54. The maximum absolute atomic E-state index is 13.4.